The van der Waals surface area contributed by atoms with Gasteiger partial charge in [0.05, 0.1) is 10.6 Å². The summed E-state index contributed by atoms with van der Waals surface area (Å²) in [6.07, 6.45) is 1.14. The van der Waals surface area contributed by atoms with Crippen molar-refractivity contribution in [3.05, 3.63) is 61.0 Å². The molecule has 0 amide bonds. The molecule has 2 heterocycles. The van der Waals surface area contributed by atoms with Gasteiger partial charge in [0.15, 0.2) is 11.2 Å². The van der Waals surface area contributed by atoms with Crippen molar-refractivity contribution in [1.82, 2.24) is 19.5 Å². The fourth-order valence-electron chi connectivity index (χ4n) is 1.88. The van der Waals surface area contributed by atoms with Gasteiger partial charge in [-0.05, 0) is 18.2 Å². The predicted molar refractivity (Wildman–Crippen MR) is 77.2 cm³/mol. The van der Waals surface area contributed by atoms with E-state index in [1.165, 1.54) is 18.2 Å². The number of hydrogen-bond donors (Lipinski definition) is 2. The SMILES string of the molecule is O=C(c1ccc(Cl)cc1Cl)n1cnc2c(=O)[nH]c(=O)[nH]c21. The quantitative estimate of drug-likeness (QED) is 0.706. The molecule has 0 spiro atoms. The Hall–Kier alpha value is -2.38. The lowest BCUT2D eigenvalue weighted by Gasteiger charge is -2.05. The smallest absolute Gasteiger partial charge is 0.291 e. The Kier molecular flexibility index (Phi) is 3.15. The van der Waals surface area contributed by atoms with Crippen LogP contribution in [0, 0.1) is 0 Å². The second-order valence-corrected chi connectivity index (χ2v) is 4.99. The first-order chi connectivity index (χ1) is 9.97. The third-order valence-electron chi connectivity index (χ3n) is 2.82. The van der Waals surface area contributed by atoms with Gasteiger partial charge in [-0.25, -0.2) is 14.3 Å². The number of fused-ring (bicyclic) bond motifs is 1. The zero-order valence-electron chi connectivity index (χ0n) is 10.2. The minimum Gasteiger partial charge on any atom is -0.291 e. The summed E-state index contributed by atoms with van der Waals surface area (Å²) in [5.74, 6) is -0.541. The molecule has 0 atom stereocenters. The summed E-state index contributed by atoms with van der Waals surface area (Å²) in [6.45, 7) is 0. The van der Waals surface area contributed by atoms with Crippen LogP contribution in [0.2, 0.25) is 10.0 Å². The van der Waals surface area contributed by atoms with Gasteiger partial charge in [-0.1, -0.05) is 23.2 Å². The standard InChI is InChI=1S/C12H6Cl2N4O3/c13-5-1-2-6(7(14)3-5)11(20)18-4-15-8-9(18)16-12(21)17-10(8)19/h1-4H,(H2,16,17,19,21). The lowest BCUT2D eigenvalue weighted by molar-refractivity contribution is 0.0964. The zero-order chi connectivity index (χ0) is 15.1. The Morgan fingerprint density at radius 1 is 1.19 bits per heavy atom. The maximum absolute atomic E-state index is 12.4. The van der Waals surface area contributed by atoms with E-state index in [-0.39, 0.29) is 21.7 Å². The summed E-state index contributed by atoms with van der Waals surface area (Å²) in [5, 5.41) is 0.540. The Morgan fingerprint density at radius 2 is 1.95 bits per heavy atom. The monoisotopic (exact) mass is 324 g/mol. The molecule has 0 fully saturated rings. The summed E-state index contributed by atoms with van der Waals surface area (Å²) in [7, 11) is 0. The molecular weight excluding hydrogens is 319 g/mol. The van der Waals surface area contributed by atoms with Gasteiger partial charge in [-0.3, -0.25) is 19.6 Å². The maximum Gasteiger partial charge on any atom is 0.327 e. The van der Waals surface area contributed by atoms with Gasteiger partial charge in [0, 0.05) is 5.02 Å². The number of imidazole rings is 1. The second kappa shape index (κ2) is 4.87. The van der Waals surface area contributed by atoms with E-state index >= 15 is 0 Å². The average molecular weight is 325 g/mol. The first kappa shape index (κ1) is 13.6. The first-order valence-electron chi connectivity index (χ1n) is 5.67. The van der Waals surface area contributed by atoms with Crippen molar-refractivity contribution in [3.8, 4) is 0 Å². The molecule has 3 aromatic rings. The molecule has 106 valence electrons. The van der Waals surface area contributed by atoms with E-state index in [2.05, 4.69) is 9.97 Å². The molecule has 3 rings (SSSR count). The highest BCUT2D eigenvalue weighted by molar-refractivity contribution is 6.36. The molecule has 21 heavy (non-hydrogen) atoms. The summed E-state index contributed by atoms with van der Waals surface area (Å²) >= 11 is 11.8. The number of hydrogen-bond acceptors (Lipinski definition) is 4. The highest BCUT2D eigenvalue weighted by Crippen LogP contribution is 2.22. The van der Waals surface area contributed by atoms with Gasteiger partial charge in [0.25, 0.3) is 11.5 Å². The fraction of sp³-hybridized carbons (Fsp3) is 0. The van der Waals surface area contributed by atoms with Crippen molar-refractivity contribution in [1.29, 1.82) is 0 Å². The lowest BCUT2D eigenvalue weighted by atomic mass is 10.2. The van der Waals surface area contributed by atoms with Crippen LogP contribution < -0.4 is 11.2 Å². The van der Waals surface area contributed by atoms with E-state index in [0.29, 0.717) is 5.02 Å². The molecule has 2 aromatic heterocycles. The van der Waals surface area contributed by atoms with Gasteiger partial charge in [0.1, 0.15) is 6.33 Å². The van der Waals surface area contributed by atoms with Gasteiger partial charge in [-0.15, -0.1) is 0 Å². The summed E-state index contributed by atoms with van der Waals surface area (Å²) in [6, 6.07) is 4.38. The topological polar surface area (TPSA) is 101 Å². The second-order valence-electron chi connectivity index (χ2n) is 4.15. The van der Waals surface area contributed by atoms with Crippen LogP contribution >= 0.6 is 23.2 Å². The zero-order valence-corrected chi connectivity index (χ0v) is 11.7. The van der Waals surface area contributed by atoms with Crippen LogP contribution in [-0.4, -0.2) is 25.4 Å². The number of H-pyrrole nitrogens is 2. The number of carbonyl (C=O) groups is 1. The Balaban J connectivity index is 2.23. The molecular formula is C12H6Cl2N4O3. The summed E-state index contributed by atoms with van der Waals surface area (Å²) < 4.78 is 1.04. The fourth-order valence-corrected chi connectivity index (χ4v) is 2.37. The molecule has 0 aliphatic heterocycles. The molecule has 7 nitrogen and oxygen atoms in total. The van der Waals surface area contributed by atoms with Crippen LogP contribution in [0.5, 0.6) is 0 Å². The van der Waals surface area contributed by atoms with Crippen molar-refractivity contribution in [3.63, 3.8) is 0 Å². The highest BCUT2D eigenvalue weighted by Gasteiger charge is 2.17. The average Bonchev–Trinajstić information content (AvgIpc) is 2.82. The lowest BCUT2D eigenvalue weighted by Crippen LogP contribution is -2.23. The minimum absolute atomic E-state index is 0.000216. The van der Waals surface area contributed by atoms with E-state index < -0.39 is 17.2 Å². The number of benzene rings is 1. The van der Waals surface area contributed by atoms with E-state index in [1.54, 1.807) is 0 Å². The Labute approximate surface area is 126 Å². The molecule has 0 unspecified atom stereocenters. The van der Waals surface area contributed by atoms with Crippen LogP contribution in [0.15, 0.2) is 34.1 Å². The van der Waals surface area contributed by atoms with Crippen molar-refractivity contribution < 1.29 is 4.79 Å². The highest BCUT2D eigenvalue weighted by atomic mass is 35.5. The third-order valence-corrected chi connectivity index (χ3v) is 3.37. The van der Waals surface area contributed by atoms with Crippen LogP contribution in [0.1, 0.15) is 10.4 Å². The van der Waals surface area contributed by atoms with Gasteiger partial charge < -0.3 is 0 Å². The van der Waals surface area contributed by atoms with E-state index in [1.807, 2.05) is 4.98 Å². The Bertz CT molecular complexity index is 986. The molecule has 0 bridgehead atoms. The minimum atomic E-state index is -0.732. The van der Waals surface area contributed by atoms with Crippen LogP contribution in [0.3, 0.4) is 0 Å². The van der Waals surface area contributed by atoms with Crippen LogP contribution in [0.4, 0.5) is 0 Å². The number of carbonyl (C=O) groups excluding carboxylic acids is 1. The molecule has 2 N–H and O–H groups in total. The van der Waals surface area contributed by atoms with Crippen molar-refractivity contribution in [2.24, 2.45) is 0 Å². The molecule has 0 radical (unpaired) electrons. The van der Waals surface area contributed by atoms with Crippen molar-refractivity contribution in [2.45, 2.75) is 0 Å². The van der Waals surface area contributed by atoms with Gasteiger partial charge >= 0.3 is 5.69 Å². The summed E-state index contributed by atoms with van der Waals surface area (Å²) in [4.78, 5) is 43.5. The molecule has 0 aliphatic rings. The van der Waals surface area contributed by atoms with E-state index in [0.717, 1.165) is 10.9 Å². The largest absolute Gasteiger partial charge is 0.327 e. The number of halogens is 2. The van der Waals surface area contributed by atoms with Gasteiger partial charge in [0.2, 0.25) is 0 Å². The molecule has 0 saturated carbocycles. The molecule has 9 heteroatoms. The van der Waals surface area contributed by atoms with E-state index in [4.69, 9.17) is 23.2 Å². The first-order valence-corrected chi connectivity index (χ1v) is 6.42. The number of aromatic nitrogens is 4. The number of aromatic amines is 2. The van der Waals surface area contributed by atoms with Crippen LogP contribution in [-0.2, 0) is 0 Å². The normalized spacial score (nSPS) is 11.0. The maximum atomic E-state index is 12.4. The predicted octanol–water partition coefficient (Wildman–Crippen LogP) is 1.41. The number of nitrogens with one attached hydrogen (secondary N) is 2. The number of rotatable bonds is 1. The van der Waals surface area contributed by atoms with Crippen molar-refractivity contribution >= 4 is 40.3 Å². The molecule has 0 saturated heterocycles. The third kappa shape index (κ3) is 2.26. The Morgan fingerprint density at radius 3 is 2.67 bits per heavy atom. The molecule has 0 aliphatic carbocycles. The number of nitrogens with zero attached hydrogens (tertiary/aromatic N) is 2. The van der Waals surface area contributed by atoms with Crippen molar-refractivity contribution in [2.75, 3.05) is 0 Å². The summed E-state index contributed by atoms with van der Waals surface area (Å²) in [5.41, 5.74) is -1.29. The molecule has 1 aromatic carbocycles. The van der Waals surface area contributed by atoms with Gasteiger partial charge in [-0.2, -0.15) is 0 Å². The van der Waals surface area contributed by atoms with Crippen LogP contribution in [0.25, 0.3) is 11.2 Å². The van der Waals surface area contributed by atoms with E-state index in [9.17, 15) is 14.4 Å².